The van der Waals surface area contributed by atoms with E-state index in [-0.39, 0.29) is 6.61 Å². The Balaban J connectivity index is 2.80. The van der Waals surface area contributed by atoms with Gasteiger partial charge in [-0.1, -0.05) is 22.6 Å². The molecule has 0 aliphatic heterocycles. The molecule has 0 aliphatic rings. The fraction of sp³-hybridized carbons (Fsp3) is 0.800. The van der Waals surface area contributed by atoms with Crippen LogP contribution in [0.4, 0.5) is 0 Å². The van der Waals surface area contributed by atoms with Gasteiger partial charge < -0.3 is 5.11 Å². The van der Waals surface area contributed by atoms with Gasteiger partial charge in [-0.15, -0.1) is 0 Å². The van der Waals surface area contributed by atoms with Crippen molar-refractivity contribution < 1.29 is 5.11 Å². The molecule has 0 aliphatic carbocycles. The van der Waals surface area contributed by atoms with Crippen molar-refractivity contribution in [2.75, 3.05) is 17.6 Å². The smallest absolute Gasteiger partial charge is 0.0448 e. The summed E-state index contributed by atoms with van der Waals surface area (Å²) >= 11 is 2.23. The maximum absolute atomic E-state index is 8.29. The van der Waals surface area contributed by atoms with Crippen molar-refractivity contribution >= 4 is 28.8 Å². The van der Waals surface area contributed by atoms with Gasteiger partial charge in [-0.05, 0) is 6.42 Å². The van der Waals surface area contributed by atoms with E-state index in [9.17, 15) is 0 Å². The molecule has 0 unspecified atom stereocenters. The Kier molecular flexibility index (Phi) is 7.69. The maximum atomic E-state index is 8.29. The van der Waals surface area contributed by atoms with Crippen molar-refractivity contribution in [1.82, 2.24) is 0 Å². The highest BCUT2D eigenvalue weighted by Gasteiger charge is 1.76. The molecule has 0 heterocycles. The highest BCUT2D eigenvalue weighted by Crippen LogP contribution is 1.79. The summed E-state index contributed by atoms with van der Waals surface area (Å²) in [6, 6.07) is 0. The largest absolute Gasteiger partial charge is 0.396 e. The molecule has 0 aromatic carbocycles. The number of halogens is 1. The van der Waals surface area contributed by atoms with Gasteiger partial charge in [0.15, 0.2) is 0 Å². The van der Waals surface area contributed by atoms with Crippen LogP contribution < -0.4 is 0 Å². The zero-order valence-corrected chi connectivity index (χ0v) is 6.84. The van der Waals surface area contributed by atoms with Gasteiger partial charge in [-0.3, -0.25) is 4.99 Å². The zero-order valence-electron chi connectivity index (χ0n) is 4.68. The Bertz CT molecular complexity index is 65.4. The lowest BCUT2D eigenvalue weighted by molar-refractivity contribution is 0.291. The highest BCUT2D eigenvalue weighted by atomic mass is 127. The molecule has 48 valence electrons. The first kappa shape index (κ1) is 8.36. The summed E-state index contributed by atoms with van der Waals surface area (Å²) in [7, 11) is 0. The van der Waals surface area contributed by atoms with E-state index in [0.29, 0.717) is 0 Å². The summed E-state index contributed by atoms with van der Waals surface area (Å²) in [5.74, 6) is 0. The molecule has 3 heteroatoms. The van der Waals surface area contributed by atoms with Crippen molar-refractivity contribution in [3.63, 3.8) is 0 Å². The molecule has 0 fully saturated rings. The number of aliphatic imine (C=N–C) groups is 1. The number of aliphatic hydroxyl groups excluding tert-OH is 1. The minimum atomic E-state index is 0.249. The standard InChI is InChI=1S/C5H10INO/c6-2-4-7-3-1-5-8/h4,8H,1-3,5H2/b7-4-. The molecule has 0 amide bonds. The number of hydrogen-bond acceptors (Lipinski definition) is 2. The number of nitrogens with zero attached hydrogens (tertiary/aromatic N) is 1. The normalized spacial score (nSPS) is 10.8. The zero-order chi connectivity index (χ0) is 6.24. The molecule has 0 aromatic rings. The second kappa shape index (κ2) is 7.36. The van der Waals surface area contributed by atoms with Gasteiger partial charge in [0, 0.05) is 23.8 Å². The molecule has 2 nitrogen and oxygen atoms in total. The summed E-state index contributed by atoms with van der Waals surface area (Å²) in [4.78, 5) is 3.99. The third kappa shape index (κ3) is 6.36. The molecule has 0 atom stereocenters. The second-order valence-electron chi connectivity index (χ2n) is 1.32. The lowest BCUT2D eigenvalue weighted by Gasteiger charge is -1.85. The predicted octanol–water partition coefficient (Wildman–Crippen LogP) is 0.875. The van der Waals surface area contributed by atoms with Gasteiger partial charge in [0.2, 0.25) is 0 Å². The SMILES string of the molecule is OCCC/N=C\CI. The van der Waals surface area contributed by atoms with E-state index in [1.165, 1.54) is 0 Å². The summed E-state index contributed by atoms with van der Waals surface area (Å²) in [6.45, 7) is 1.01. The molecule has 0 saturated carbocycles. The molecule has 0 radical (unpaired) electrons. The number of alkyl halides is 1. The van der Waals surface area contributed by atoms with Gasteiger partial charge in [0.25, 0.3) is 0 Å². The van der Waals surface area contributed by atoms with E-state index < -0.39 is 0 Å². The predicted molar refractivity (Wildman–Crippen MR) is 43.9 cm³/mol. The lowest BCUT2D eigenvalue weighted by Crippen LogP contribution is -1.86. The maximum Gasteiger partial charge on any atom is 0.0448 e. The van der Waals surface area contributed by atoms with Crippen LogP contribution in [-0.4, -0.2) is 28.9 Å². The van der Waals surface area contributed by atoms with Crippen LogP contribution in [0, 0.1) is 0 Å². The van der Waals surface area contributed by atoms with Crippen LogP contribution in [0.2, 0.25) is 0 Å². The van der Waals surface area contributed by atoms with E-state index >= 15 is 0 Å². The lowest BCUT2D eigenvalue weighted by atomic mass is 10.5. The minimum absolute atomic E-state index is 0.249. The number of rotatable bonds is 4. The molecule has 0 bridgehead atoms. The average Bonchev–Trinajstić information content (AvgIpc) is 1.81. The first-order valence-corrected chi connectivity index (χ1v) is 4.09. The van der Waals surface area contributed by atoms with Crippen molar-refractivity contribution in [3.8, 4) is 0 Å². The van der Waals surface area contributed by atoms with Gasteiger partial charge in [-0.2, -0.15) is 0 Å². The Hall–Kier alpha value is 0.360. The molecule has 0 spiro atoms. The van der Waals surface area contributed by atoms with E-state index in [4.69, 9.17) is 5.11 Å². The topological polar surface area (TPSA) is 32.6 Å². The average molecular weight is 227 g/mol. The quantitative estimate of drug-likeness (QED) is 0.328. The molecule has 8 heavy (non-hydrogen) atoms. The van der Waals surface area contributed by atoms with E-state index in [0.717, 1.165) is 17.4 Å². The highest BCUT2D eigenvalue weighted by molar-refractivity contribution is 14.1. The Morgan fingerprint density at radius 3 is 2.88 bits per heavy atom. The van der Waals surface area contributed by atoms with Gasteiger partial charge in [0.05, 0.1) is 0 Å². The van der Waals surface area contributed by atoms with Gasteiger partial charge >= 0.3 is 0 Å². The molecule has 0 aromatic heterocycles. The summed E-state index contributed by atoms with van der Waals surface area (Å²) < 4.78 is 0.961. The Morgan fingerprint density at radius 1 is 1.62 bits per heavy atom. The van der Waals surface area contributed by atoms with Crippen molar-refractivity contribution in [3.05, 3.63) is 0 Å². The molecular weight excluding hydrogens is 217 g/mol. The number of hydrogen-bond donors (Lipinski definition) is 1. The summed E-state index contributed by atoms with van der Waals surface area (Å²) in [5.41, 5.74) is 0. The van der Waals surface area contributed by atoms with Crippen LogP contribution in [0.25, 0.3) is 0 Å². The number of aliphatic hydroxyl groups is 1. The molecule has 0 saturated heterocycles. The van der Waals surface area contributed by atoms with Crippen LogP contribution in [0.5, 0.6) is 0 Å². The van der Waals surface area contributed by atoms with E-state index in [1.54, 1.807) is 0 Å². The van der Waals surface area contributed by atoms with Crippen molar-refractivity contribution in [2.45, 2.75) is 6.42 Å². The van der Waals surface area contributed by atoms with Crippen molar-refractivity contribution in [1.29, 1.82) is 0 Å². The summed E-state index contributed by atoms with van der Waals surface area (Å²) in [6.07, 6.45) is 2.64. The fourth-order valence-electron chi connectivity index (χ4n) is 0.302. The van der Waals surface area contributed by atoms with Crippen LogP contribution in [0.1, 0.15) is 6.42 Å². The van der Waals surface area contributed by atoms with E-state index in [1.807, 2.05) is 6.21 Å². The molecular formula is C5H10INO. The third-order valence-corrected chi connectivity index (χ3v) is 1.04. The van der Waals surface area contributed by atoms with Crippen LogP contribution in [-0.2, 0) is 0 Å². The van der Waals surface area contributed by atoms with E-state index in [2.05, 4.69) is 27.6 Å². The van der Waals surface area contributed by atoms with Crippen LogP contribution in [0.15, 0.2) is 4.99 Å². The van der Waals surface area contributed by atoms with Crippen LogP contribution >= 0.6 is 22.6 Å². The Labute approximate surface area is 63.2 Å². The summed E-state index contributed by atoms with van der Waals surface area (Å²) in [5, 5.41) is 8.29. The monoisotopic (exact) mass is 227 g/mol. The first-order chi connectivity index (χ1) is 3.91. The first-order valence-electron chi connectivity index (χ1n) is 2.57. The molecule has 0 rings (SSSR count). The fourth-order valence-corrected chi connectivity index (χ4v) is 0.581. The van der Waals surface area contributed by atoms with Gasteiger partial charge in [-0.25, -0.2) is 0 Å². The minimum Gasteiger partial charge on any atom is -0.396 e. The van der Waals surface area contributed by atoms with Crippen molar-refractivity contribution in [2.24, 2.45) is 4.99 Å². The molecule has 1 N–H and O–H groups in total. The second-order valence-corrected chi connectivity index (χ2v) is 2.20. The third-order valence-electron chi connectivity index (χ3n) is 0.643. The Morgan fingerprint density at radius 2 is 2.38 bits per heavy atom. The van der Waals surface area contributed by atoms with Gasteiger partial charge in [0.1, 0.15) is 0 Å². The van der Waals surface area contributed by atoms with Crippen LogP contribution in [0.3, 0.4) is 0 Å².